The molecule has 0 bridgehead atoms. The van der Waals surface area contributed by atoms with E-state index in [2.05, 4.69) is 32.6 Å². The molecule has 6 heteroatoms. The van der Waals surface area contributed by atoms with Crippen molar-refractivity contribution in [3.8, 4) is 11.1 Å². The van der Waals surface area contributed by atoms with Gasteiger partial charge in [-0.25, -0.2) is 0 Å². The highest BCUT2D eigenvalue weighted by molar-refractivity contribution is 5.75. The maximum Gasteiger partial charge on any atom is 0.416 e. The lowest BCUT2D eigenvalue weighted by atomic mass is 9.71. The van der Waals surface area contributed by atoms with Crippen LogP contribution in [0.25, 0.3) is 11.1 Å². The predicted octanol–water partition coefficient (Wildman–Crippen LogP) is 8.29. The number of methoxy groups -OCH3 is 1. The van der Waals surface area contributed by atoms with Crippen LogP contribution in [-0.4, -0.2) is 30.6 Å². The van der Waals surface area contributed by atoms with Gasteiger partial charge in [-0.15, -0.1) is 0 Å². The van der Waals surface area contributed by atoms with Crippen LogP contribution in [-0.2, 0) is 28.7 Å². The van der Waals surface area contributed by atoms with Crippen LogP contribution in [0.15, 0.2) is 42.5 Å². The second-order valence-electron chi connectivity index (χ2n) is 11.5. The van der Waals surface area contributed by atoms with Gasteiger partial charge in [0.1, 0.15) is 0 Å². The van der Waals surface area contributed by atoms with E-state index in [0.717, 1.165) is 66.2 Å². The quantitative estimate of drug-likeness (QED) is 0.313. The first-order chi connectivity index (χ1) is 17.4. The third-order valence-electron chi connectivity index (χ3n) is 7.88. The number of rotatable bonds is 9. The maximum atomic E-state index is 13.2. The molecule has 0 N–H and O–H groups in total. The lowest BCUT2D eigenvalue weighted by Crippen LogP contribution is -2.40. The molecule has 0 aliphatic heterocycles. The van der Waals surface area contributed by atoms with Crippen LogP contribution in [0, 0.1) is 11.3 Å². The van der Waals surface area contributed by atoms with Crippen LogP contribution in [0.4, 0.5) is 13.2 Å². The van der Waals surface area contributed by atoms with Gasteiger partial charge >= 0.3 is 12.1 Å². The van der Waals surface area contributed by atoms with Gasteiger partial charge in [0.25, 0.3) is 0 Å². The molecule has 3 nitrogen and oxygen atoms in total. The van der Waals surface area contributed by atoms with E-state index in [-0.39, 0.29) is 12.4 Å². The number of ether oxygens (including phenoxy) is 1. The van der Waals surface area contributed by atoms with Crippen LogP contribution < -0.4 is 0 Å². The zero-order chi connectivity index (χ0) is 27.2. The lowest BCUT2D eigenvalue weighted by Gasteiger charge is -2.41. The molecule has 0 aromatic heterocycles. The fourth-order valence-corrected chi connectivity index (χ4v) is 5.50. The minimum absolute atomic E-state index is 0.126. The summed E-state index contributed by atoms with van der Waals surface area (Å²) in [5.41, 5.74) is 3.12. The number of halogens is 3. The van der Waals surface area contributed by atoms with Gasteiger partial charge in [-0.05, 0) is 84.4 Å². The number of carbonyl (C=O) groups is 1. The van der Waals surface area contributed by atoms with Gasteiger partial charge < -0.3 is 4.74 Å². The summed E-state index contributed by atoms with van der Waals surface area (Å²) in [6.07, 6.45) is 2.75. The molecule has 1 aliphatic carbocycles. The number of benzene rings is 2. The molecule has 37 heavy (non-hydrogen) atoms. The highest BCUT2D eigenvalue weighted by Gasteiger charge is 2.32. The molecule has 204 valence electrons. The molecular formula is C31H42F3NO2. The van der Waals surface area contributed by atoms with Crippen molar-refractivity contribution in [1.82, 2.24) is 4.90 Å². The SMILES string of the molecule is CCCCN(Cc1ccc(CC(=O)OC)cc1-c1ccc(C(F)(F)F)cc1)[C@H]1CC[C@H](C(C)(C)C)CC1. The molecule has 0 saturated heterocycles. The summed E-state index contributed by atoms with van der Waals surface area (Å²) in [6.45, 7) is 10.9. The van der Waals surface area contributed by atoms with Crippen molar-refractivity contribution in [3.63, 3.8) is 0 Å². The van der Waals surface area contributed by atoms with E-state index in [1.54, 1.807) is 0 Å². The predicted molar refractivity (Wildman–Crippen MR) is 143 cm³/mol. The van der Waals surface area contributed by atoms with E-state index in [4.69, 9.17) is 4.74 Å². The monoisotopic (exact) mass is 517 g/mol. The smallest absolute Gasteiger partial charge is 0.416 e. The number of hydrogen-bond acceptors (Lipinski definition) is 3. The molecular weight excluding hydrogens is 475 g/mol. The summed E-state index contributed by atoms with van der Waals surface area (Å²) in [6, 6.07) is 11.7. The molecule has 1 fully saturated rings. The zero-order valence-corrected chi connectivity index (χ0v) is 23.0. The normalized spacial score (nSPS) is 18.7. The van der Waals surface area contributed by atoms with E-state index in [9.17, 15) is 18.0 Å². The van der Waals surface area contributed by atoms with Crippen LogP contribution in [0.5, 0.6) is 0 Å². The van der Waals surface area contributed by atoms with Crippen LogP contribution in [0.2, 0.25) is 0 Å². The first-order valence-corrected chi connectivity index (χ1v) is 13.5. The standard InChI is InChI=1S/C31H42F3NO2/c1-6-7-18-35(27-16-14-25(15-17-27)30(2,3)4)21-24-9-8-22(20-29(36)37-5)19-28(24)23-10-12-26(13-11-23)31(32,33)34/h8-13,19,25,27H,6-7,14-18,20-21H2,1-5H3/t25-,27-. The molecule has 0 unspecified atom stereocenters. The Hall–Kier alpha value is -2.34. The molecule has 0 amide bonds. The minimum atomic E-state index is -4.38. The molecule has 1 aliphatic rings. The van der Waals surface area contributed by atoms with Gasteiger partial charge in [-0.2, -0.15) is 13.2 Å². The zero-order valence-electron chi connectivity index (χ0n) is 23.0. The van der Waals surface area contributed by atoms with Crippen LogP contribution in [0.3, 0.4) is 0 Å². The number of alkyl halides is 3. The molecule has 0 heterocycles. The van der Waals surface area contributed by atoms with Crippen molar-refractivity contribution >= 4 is 5.97 Å². The minimum Gasteiger partial charge on any atom is -0.469 e. The fraction of sp³-hybridized carbons (Fsp3) is 0.581. The summed E-state index contributed by atoms with van der Waals surface area (Å²) >= 11 is 0. The Kier molecular flexibility index (Phi) is 9.85. The Balaban J connectivity index is 1.91. The van der Waals surface area contributed by atoms with Crippen molar-refractivity contribution < 1.29 is 22.7 Å². The van der Waals surface area contributed by atoms with E-state index < -0.39 is 11.7 Å². The fourth-order valence-electron chi connectivity index (χ4n) is 5.50. The summed E-state index contributed by atoms with van der Waals surface area (Å²) < 4.78 is 44.4. The number of hydrogen-bond donors (Lipinski definition) is 0. The number of esters is 1. The third-order valence-corrected chi connectivity index (χ3v) is 7.88. The third kappa shape index (κ3) is 8.07. The maximum absolute atomic E-state index is 13.2. The Morgan fingerprint density at radius 2 is 1.65 bits per heavy atom. The molecule has 2 aromatic carbocycles. The highest BCUT2D eigenvalue weighted by atomic mass is 19.4. The van der Waals surface area contributed by atoms with Gasteiger partial charge in [0.05, 0.1) is 19.1 Å². The number of carbonyl (C=O) groups excluding carboxylic acids is 1. The first kappa shape index (κ1) is 29.2. The van der Waals surface area contributed by atoms with E-state index in [1.807, 2.05) is 18.2 Å². The molecule has 0 spiro atoms. The second kappa shape index (κ2) is 12.5. The Morgan fingerprint density at radius 1 is 1.00 bits per heavy atom. The molecule has 2 aromatic rings. The Morgan fingerprint density at radius 3 is 2.19 bits per heavy atom. The topological polar surface area (TPSA) is 29.5 Å². The Labute approximate surface area is 220 Å². The van der Waals surface area contributed by atoms with Gasteiger partial charge in [0.2, 0.25) is 0 Å². The van der Waals surface area contributed by atoms with Gasteiger partial charge in [-0.1, -0.05) is 64.4 Å². The van der Waals surface area contributed by atoms with Gasteiger partial charge in [0.15, 0.2) is 0 Å². The summed E-state index contributed by atoms with van der Waals surface area (Å²) in [5, 5.41) is 0. The lowest BCUT2D eigenvalue weighted by molar-refractivity contribution is -0.140. The van der Waals surface area contributed by atoms with E-state index in [0.29, 0.717) is 11.5 Å². The van der Waals surface area contributed by atoms with Gasteiger partial charge in [-0.3, -0.25) is 9.69 Å². The summed E-state index contributed by atoms with van der Waals surface area (Å²) in [5.74, 6) is 0.392. The van der Waals surface area contributed by atoms with Crippen molar-refractivity contribution in [2.45, 2.75) is 91.4 Å². The van der Waals surface area contributed by atoms with Crippen LogP contribution >= 0.6 is 0 Å². The Bertz CT molecular complexity index is 1020. The average molecular weight is 518 g/mol. The van der Waals surface area contributed by atoms with Crippen molar-refractivity contribution in [2.75, 3.05) is 13.7 Å². The van der Waals surface area contributed by atoms with Crippen molar-refractivity contribution in [2.24, 2.45) is 11.3 Å². The first-order valence-electron chi connectivity index (χ1n) is 13.5. The number of nitrogens with zero attached hydrogens (tertiary/aromatic N) is 1. The second-order valence-corrected chi connectivity index (χ2v) is 11.5. The molecule has 0 radical (unpaired) electrons. The summed E-state index contributed by atoms with van der Waals surface area (Å²) in [7, 11) is 1.35. The van der Waals surface area contributed by atoms with E-state index >= 15 is 0 Å². The van der Waals surface area contributed by atoms with E-state index in [1.165, 1.54) is 44.9 Å². The number of unbranched alkanes of at least 4 members (excludes halogenated alkanes) is 1. The molecule has 1 saturated carbocycles. The van der Waals surface area contributed by atoms with Crippen LogP contribution in [0.1, 0.15) is 82.9 Å². The van der Waals surface area contributed by atoms with Crippen molar-refractivity contribution in [1.29, 1.82) is 0 Å². The van der Waals surface area contributed by atoms with Gasteiger partial charge in [0, 0.05) is 12.6 Å². The molecule has 0 atom stereocenters. The average Bonchev–Trinajstić information content (AvgIpc) is 2.86. The largest absolute Gasteiger partial charge is 0.469 e. The highest BCUT2D eigenvalue weighted by Crippen LogP contribution is 2.40. The molecule has 3 rings (SSSR count). The summed E-state index contributed by atoms with van der Waals surface area (Å²) in [4.78, 5) is 14.5. The van der Waals surface area contributed by atoms with Crippen molar-refractivity contribution in [3.05, 3.63) is 59.2 Å².